The smallest absolute Gasteiger partial charge is 0.356 e. The summed E-state index contributed by atoms with van der Waals surface area (Å²) < 4.78 is 37.9. The van der Waals surface area contributed by atoms with Crippen molar-refractivity contribution in [1.82, 2.24) is 9.97 Å². The number of nitrogens with zero attached hydrogens (tertiary/aromatic N) is 3. The van der Waals surface area contributed by atoms with Crippen molar-refractivity contribution in [2.45, 2.75) is 26.4 Å². The molecule has 1 aromatic heterocycles. The molecule has 0 bridgehead atoms. The maximum atomic E-state index is 12.6. The number of halogens is 4. The Morgan fingerprint density at radius 2 is 2.05 bits per heavy atom. The van der Waals surface area contributed by atoms with E-state index in [0.717, 1.165) is 6.42 Å². The van der Waals surface area contributed by atoms with E-state index in [1.807, 2.05) is 4.90 Å². The lowest BCUT2D eigenvalue weighted by Gasteiger charge is -2.20. The van der Waals surface area contributed by atoms with Gasteiger partial charge >= 0.3 is 6.18 Å². The largest absolute Gasteiger partial charge is 0.451 e. The summed E-state index contributed by atoms with van der Waals surface area (Å²) in [6, 6.07) is 1.39. The van der Waals surface area contributed by atoms with Crippen LogP contribution in [0.3, 0.4) is 0 Å². The van der Waals surface area contributed by atoms with E-state index in [1.54, 1.807) is 0 Å². The van der Waals surface area contributed by atoms with Gasteiger partial charge in [-0.2, -0.15) is 13.2 Å². The molecule has 2 heterocycles. The van der Waals surface area contributed by atoms with E-state index in [0.29, 0.717) is 24.9 Å². The maximum Gasteiger partial charge on any atom is 0.451 e. The monoisotopic (exact) mass is 293 g/mol. The van der Waals surface area contributed by atoms with Gasteiger partial charge in [0, 0.05) is 19.2 Å². The molecule has 0 aliphatic carbocycles. The SMILES string of the molecule is CC(C)C1CCN(c2cc(Cl)nc(C(F)(F)F)n2)C1. The van der Waals surface area contributed by atoms with Gasteiger partial charge in [-0.1, -0.05) is 25.4 Å². The van der Waals surface area contributed by atoms with Crippen molar-refractivity contribution in [3.05, 3.63) is 17.0 Å². The summed E-state index contributed by atoms with van der Waals surface area (Å²) in [6.45, 7) is 5.64. The van der Waals surface area contributed by atoms with Crippen LogP contribution in [0.25, 0.3) is 0 Å². The fraction of sp³-hybridized carbons (Fsp3) is 0.667. The van der Waals surface area contributed by atoms with Crippen molar-refractivity contribution >= 4 is 17.4 Å². The highest BCUT2D eigenvalue weighted by Gasteiger charge is 2.36. The van der Waals surface area contributed by atoms with Crippen LogP contribution in [0.5, 0.6) is 0 Å². The molecule has 1 unspecified atom stereocenters. The number of anilines is 1. The van der Waals surface area contributed by atoms with Gasteiger partial charge in [0.25, 0.3) is 0 Å². The minimum atomic E-state index is -4.57. The maximum absolute atomic E-state index is 12.6. The average Bonchev–Trinajstić information content (AvgIpc) is 2.76. The zero-order valence-electron chi connectivity index (χ0n) is 10.7. The predicted molar refractivity (Wildman–Crippen MR) is 67.2 cm³/mol. The second kappa shape index (κ2) is 5.15. The van der Waals surface area contributed by atoms with Gasteiger partial charge in [0.05, 0.1) is 0 Å². The Balaban J connectivity index is 2.24. The van der Waals surface area contributed by atoms with Gasteiger partial charge in [0.15, 0.2) is 0 Å². The Hall–Kier alpha value is -1.04. The first-order chi connectivity index (χ1) is 8.77. The van der Waals surface area contributed by atoms with Gasteiger partial charge in [-0.15, -0.1) is 0 Å². The van der Waals surface area contributed by atoms with Crippen LogP contribution < -0.4 is 4.90 Å². The van der Waals surface area contributed by atoms with Crippen LogP contribution in [0, 0.1) is 11.8 Å². The third-order valence-electron chi connectivity index (χ3n) is 3.43. The molecular formula is C12H15ClF3N3. The fourth-order valence-corrected chi connectivity index (χ4v) is 2.41. The first-order valence-electron chi connectivity index (χ1n) is 6.14. The van der Waals surface area contributed by atoms with Crippen molar-refractivity contribution in [1.29, 1.82) is 0 Å². The third kappa shape index (κ3) is 3.29. The first-order valence-corrected chi connectivity index (χ1v) is 6.52. The molecular weight excluding hydrogens is 279 g/mol. The minimum Gasteiger partial charge on any atom is -0.356 e. The average molecular weight is 294 g/mol. The second-order valence-electron chi connectivity index (χ2n) is 5.11. The lowest BCUT2D eigenvalue weighted by atomic mass is 9.95. The molecule has 0 aromatic carbocycles. The Morgan fingerprint density at radius 1 is 1.37 bits per heavy atom. The molecule has 0 N–H and O–H groups in total. The number of hydrogen-bond acceptors (Lipinski definition) is 3. The zero-order valence-corrected chi connectivity index (χ0v) is 11.5. The van der Waals surface area contributed by atoms with Gasteiger partial charge in [-0.3, -0.25) is 0 Å². The summed E-state index contributed by atoms with van der Waals surface area (Å²) in [7, 11) is 0. The number of aromatic nitrogens is 2. The Kier molecular flexibility index (Phi) is 3.90. The molecule has 1 atom stereocenters. The summed E-state index contributed by atoms with van der Waals surface area (Å²) in [4.78, 5) is 8.66. The van der Waals surface area contributed by atoms with Crippen LogP contribution in [0.2, 0.25) is 5.15 Å². The normalized spacial score (nSPS) is 20.4. The van der Waals surface area contributed by atoms with Gasteiger partial charge < -0.3 is 4.90 Å². The van der Waals surface area contributed by atoms with Crippen molar-refractivity contribution in [2.75, 3.05) is 18.0 Å². The summed E-state index contributed by atoms with van der Waals surface area (Å²) in [5.74, 6) is 0.0611. The Morgan fingerprint density at radius 3 is 2.58 bits per heavy atom. The highest BCUT2D eigenvalue weighted by Crippen LogP contribution is 2.32. The van der Waals surface area contributed by atoms with Crippen molar-refractivity contribution in [3.8, 4) is 0 Å². The standard InChI is InChI=1S/C12H15ClF3N3/c1-7(2)8-3-4-19(6-8)10-5-9(13)17-11(18-10)12(14,15)16/h5,7-8H,3-4,6H2,1-2H3. The van der Waals surface area contributed by atoms with Crippen molar-refractivity contribution < 1.29 is 13.2 Å². The molecule has 0 saturated carbocycles. The van der Waals surface area contributed by atoms with Crippen LogP contribution in [-0.4, -0.2) is 23.1 Å². The summed E-state index contributed by atoms with van der Waals surface area (Å²) in [5, 5.41) is -0.176. The number of rotatable bonds is 2. The van der Waals surface area contributed by atoms with Crippen LogP contribution in [0.1, 0.15) is 26.1 Å². The molecule has 1 aliphatic rings. The molecule has 19 heavy (non-hydrogen) atoms. The second-order valence-corrected chi connectivity index (χ2v) is 5.50. The van der Waals surface area contributed by atoms with Crippen LogP contribution >= 0.6 is 11.6 Å². The lowest BCUT2D eigenvalue weighted by Crippen LogP contribution is -2.24. The van der Waals surface area contributed by atoms with Gasteiger partial charge in [-0.25, -0.2) is 9.97 Å². The quantitative estimate of drug-likeness (QED) is 0.780. The highest BCUT2D eigenvalue weighted by atomic mass is 35.5. The molecule has 106 valence electrons. The van der Waals surface area contributed by atoms with Crippen LogP contribution in [0.4, 0.5) is 19.0 Å². The van der Waals surface area contributed by atoms with E-state index < -0.39 is 12.0 Å². The molecule has 2 rings (SSSR count). The first kappa shape index (κ1) is 14.4. The van der Waals surface area contributed by atoms with Crippen molar-refractivity contribution in [2.24, 2.45) is 11.8 Å². The number of hydrogen-bond donors (Lipinski definition) is 0. The van der Waals surface area contributed by atoms with E-state index in [2.05, 4.69) is 23.8 Å². The molecule has 1 aliphatic heterocycles. The highest BCUT2D eigenvalue weighted by molar-refractivity contribution is 6.29. The van der Waals surface area contributed by atoms with Gasteiger partial charge in [-0.05, 0) is 18.3 Å². The minimum absolute atomic E-state index is 0.176. The van der Waals surface area contributed by atoms with Crippen LogP contribution in [-0.2, 0) is 6.18 Å². The van der Waals surface area contributed by atoms with E-state index in [-0.39, 0.29) is 11.0 Å². The fourth-order valence-electron chi connectivity index (χ4n) is 2.23. The predicted octanol–water partition coefficient (Wildman–Crippen LogP) is 3.63. The lowest BCUT2D eigenvalue weighted by molar-refractivity contribution is -0.144. The molecule has 1 saturated heterocycles. The molecule has 0 spiro atoms. The number of alkyl halides is 3. The zero-order chi connectivity index (χ0) is 14.2. The van der Waals surface area contributed by atoms with E-state index in [4.69, 9.17) is 11.6 Å². The van der Waals surface area contributed by atoms with Crippen LogP contribution in [0.15, 0.2) is 6.07 Å². The summed E-state index contributed by atoms with van der Waals surface area (Å²) in [5.41, 5.74) is 0. The Labute approximate surface area is 114 Å². The molecule has 7 heteroatoms. The van der Waals surface area contributed by atoms with Gasteiger partial charge in [0.2, 0.25) is 5.82 Å². The van der Waals surface area contributed by atoms with Crippen molar-refractivity contribution in [3.63, 3.8) is 0 Å². The third-order valence-corrected chi connectivity index (χ3v) is 3.62. The molecule has 3 nitrogen and oxygen atoms in total. The van der Waals surface area contributed by atoms with Gasteiger partial charge in [0.1, 0.15) is 11.0 Å². The van der Waals surface area contributed by atoms with E-state index >= 15 is 0 Å². The Bertz CT molecular complexity index is 462. The molecule has 0 amide bonds. The molecule has 1 fully saturated rings. The summed E-state index contributed by atoms with van der Waals surface area (Å²) in [6.07, 6.45) is -3.61. The summed E-state index contributed by atoms with van der Waals surface area (Å²) >= 11 is 5.66. The molecule has 0 radical (unpaired) electrons. The topological polar surface area (TPSA) is 29.0 Å². The van der Waals surface area contributed by atoms with E-state index in [9.17, 15) is 13.2 Å². The van der Waals surface area contributed by atoms with E-state index in [1.165, 1.54) is 6.07 Å². The molecule has 1 aromatic rings.